The molecule has 1 aliphatic heterocycles. The molecule has 0 aliphatic carbocycles. The topological polar surface area (TPSA) is 55.3 Å². The molecule has 5 nitrogen and oxygen atoms in total. The van der Waals surface area contributed by atoms with Crippen LogP contribution in [0.25, 0.3) is 0 Å². The molecule has 114 valence electrons. The van der Waals surface area contributed by atoms with Gasteiger partial charge in [0, 0.05) is 18.9 Å². The lowest BCUT2D eigenvalue weighted by Gasteiger charge is -2.32. The Morgan fingerprint density at radius 1 is 1.36 bits per heavy atom. The normalized spacial score (nSPS) is 18.2. The van der Waals surface area contributed by atoms with Gasteiger partial charge in [-0.15, -0.1) is 0 Å². The minimum absolute atomic E-state index is 0.131. The average Bonchev–Trinajstić information content (AvgIpc) is 2.58. The van der Waals surface area contributed by atoms with Crippen molar-refractivity contribution in [3.63, 3.8) is 0 Å². The van der Waals surface area contributed by atoms with Crippen LogP contribution in [0.1, 0.15) is 22.9 Å². The summed E-state index contributed by atoms with van der Waals surface area (Å²) in [4.78, 5) is 22.7. The van der Waals surface area contributed by atoms with Crippen molar-refractivity contribution >= 4 is 5.91 Å². The summed E-state index contributed by atoms with van der Waals surface area (Å²) in [6.45, 7) is 3.72. The lowest BCUT2D eigenvalue weighted by Crippen LogP contribution is -2.43. The summed E-state index contributed by atoms with van der Waals surface area (Å²) in [6.07, 6.45) is 5.21. The molecule has 1 aliphatic rings. The summed E-state index contributed by atoms with van der Waals surface area (Å²) in [5.74, 6) is 0.131. The van der Waals surface area contributed by atoms with Gasteiger partial charge in [-0.05, 0) is 18.1 Å². The fourth-order valence-corrected chi connectivity index (χ4v) is 2.61. The molecule has 0 bridgehead atoms. The van der Waals surface area contributed by atoms with Crippen molar-refractivity contribution in [1.29, 1.82) is 0 Å². The molecule has 0 unspecified atom stereocenters. The van der Waals surface area contributed by atoms with Crippen LogP contribution in [0.15, 0.2) is 42.9 Å². The first-order chi connectivity index (χ1) is 10.7. The monoisotopic (exact) mass is 297 g/mol. The van der Waals surface area contributed by atoms with E-state index in [2.05, 4.69) is 9.97 Å². The maximum absolute atomic E-state index is 12.5. The van der Waals surface area contributed by atoms with Gasteiger partial charge >= 0.3 is 0 Å². The van der Waals surface area contributed by atoms with Gasteiger partial charge in [0.1, 0.15) is 6.10 Å². The second-order valence-corrected chi connectivity index (χ2v) is 5.43. The molecule has 22 heavy (non-hydrogen) atoms. The highest BCUT2D eigenvalue weighted by Crippen LogP contribution is 2.20. The van der Waals surface area contributed by atoms with Gasteiger partial charge in [-0.1, -0.05) is 24.3 Å². The Hall–Kier alpha value is -2.27. The molecule has 5 heteroatoms. The van der Waals surface area contributed by atoms with Crippen LogP contribution in [-0.4, -0.2) is 40.5 Å². The van der Waals surface area contributed by atoms with E-state index in [-0.39, 0.29) is 12.0 Å². The Kier molecular flexibility index (Phi) is 4.44. The molecule has 1 fully saturated rings. The molecule has 0 radical (unpaired) electrons. The number of carbonyl (C=O) groups excluding carboxylic acids is 1. The second-order valence-electron chi connectivity index (χ2n) is 5.43. The SMILES string of the molecule is Cc1ccccc1CC(=O)N1CCO[C@H](c2cnccn2)C1. The third-order valence-electron chi connectivity index (χ3n) is 3.94. The van der Waals surface area contributed by atoms with Crippen LogP contribution in [-0.2, 0) is 16.0 Å². The summed E-state index contributed by atoms with van der Waals surface area (Å²) < 4.78 is 5.72. The number of morpholine rings is 1. The number of ether oxygens (including phenoxy) is 1. The standard InChI is InChI=1S/C17H19N3O2/c1-13-4-2-3-5-14(13)10-17(21)20-8-9-22-16(12-20)15-11-18-6-7-19-15/h2-7,11,16H,8-10,12H2,1H3/t16-/m0/s1. The molecule has 0 spiro atoms. The van der Waals surface area contributed by atoms with E-state index in [1.807, 2.05) is 36.1 Å². The van der Waals surface area contributed by atoms with Crippen molar-refractivity contribution in [3.8, 4) is 0 Å². The van der Waals surface area contributed by atoms with Gasteiger partial charge in [0.25, 0.3) is 0 Å². The van der Waals surface area contributed by atoms with Crippen molar-refractivity contribution in [3.05, 3.63) is 59.7 Å². The molecule has 2 heterocycles. The van der Waals surface area contributed by atoms with Crippen LogP contribution >= 0.6 is 0 Å². The Morgan fingerprint density at radius 2 is 2.23 bits per heavy atom. The third kappa shape index (κ3) is 3.31. The summed E-state index contributed by atoms with van der Waals surface area (Å²) >= 11 is 0. The van der Waals surface area contributed by atoms with E-state index in [1.54, 1.807) is 18.6 Å². The molecule has 1 amide bonds. The molecular weight excluding hydrogens is 278 g/mol. The van der Waals surface area contributed by atoms with Crippen LogP contribution in [0.2, 0.25) is 0 Å². The van der Waals surface area contributed by atoms with Gasteiger partial charge < -0.3 is 9.64 Å². The number of aryl methyl sites for hydroxylation is 1. The number of aromatic nitrogens is 2. The van der Waals surface area contributed by atoms with Gasteiger partial charge in [-0.25, -0.2) is 0 Å². The first-order valence-corrected chi connectivity index (χ1v) is 7.44. The highest BCUT2D eigenvalue weighted by molar-refractivity contribution is 5.79. The Morgan fingerprint density at radius 3 is 3.00 bits per heavy atom. The molecule has 0 saturated carbocycles. The van der Waals surface area contributed by atoms with E-state index >= 15 is 0 Å². The van der Waals surface area contributed by atoms with Crippen molar-refractivity contribution in [2.45, 2.75) is 19.4 Å². The number of hydrogen-bond acceptors (Lipinski definition) is 4. The molecule has 3 rings (SSSR count). The van der Waals surface area contributed by atoms with Gasteiger partial charge in [-0.3, -0.25) is 14.8 Å². The molecule has 1 saturated heterocycles. The predicted octanol–water partition coefficient (Wildman–Crippen LogP) is 1.93. The molecular formula is C17H19N3O2. The minimum atomic E-state index is -0.191. The minimum Gasteiger partial charge on any atom is -0.368 e. The molecule has 1 aromatic heterocycles. The second kappa shape index (κ2) is 6.66. The highest BCUT2D eigenvalue weighted by atomic mass is 16.5. The smallest absolute Gasteiger partial charge is 0.227 e. The maximum Gasteiger partial charge on any atom is 0.227 e. The van der Waals surface area contributed by atoms with E-state index in [4.69, 9.17) is 4.74 Å². The van der Waals surface area contributed by atoms with Gasteiger partial charge in [0.15, 0.2) is 0 Å². The van der Waals surface area contributed by atoms with Gasteiger partial charge in [0.05, 0.1) is 31.5 Å². The van der Waals surface area contributed by atoms with Crippen molar-refractivity contribution in [1.82, 2.24) is 14.9 Å². The molecule has 2 aromatic rings. The zero-order chi connectivity index (χ0) is 15.4. The summed E-state index contributed by atoms with van der Waals surface area (Å²) in [5.41, 5.74) is 3.00. The fraction of sp³-hybridized carbons (Fsp3) is 0.353. The largest absolute Gasteiger partial charge is 0.368 e. The zero-order valence-electron chi connectivity index (χ0n) is 12.6. The number of nitrogens with zero attached hydrogens (tertiary/aromatic N) is 3. The van der Waals surface area contributed by atoms with E-state index in [0.29, 0.717) is 26.1 Å². The predicted molar refractivity (Wildman–Crippen MR) is 82.2 cm³/mol. The third-order valence-corrected chi connectivity index (χ3v) is 3.94. The first kappa shape index (κ1) is 14.7. The van der Waals surface area contributed by atoms with Crippen LogP contribution in [0.5, 0.6) is 0 Å². The Bertz CT molecular complexity index is 645. The van der Waals surface area contributed by atoms with Crippen molar-refractivity contribution < 1.29 is 9.53 Å². The number of rotatable bonds is 3. The maximum atomic E-state index is 12.5. The van der Waals surface area contributed by atoms with Crippen LogP contribution < -0.4 is 0 Å². The van der Waals surface area contributed by atoms with E-state index in [9.17, 15) is 4.79 Å². The van der Waals surface area contributed by atoms with E-state index < -0.39 is 0 Å². The fourth-order valence-electron chi connectivity index (χ4n) is 2.61. The van der Waals surface area contributed by atoms with E-state index in [1.165, 1.54) is 0 Å². The Labute approximate surface area is 130 Å². The molecule has 1 atom stereocenters. The summed E-state index contributed by atoms with van der Waals surface area (Å²) in [6, 6.07) is 8.00. The quantitative estimate of drug-likeness (QED) is 0.868. The Balaban J connectivity index is 1.67. The molecule has 1 aromatic carbocycles. The number of hydrogen-bond donors (Lipinski definition) is 0. The summed E-state index contributed by atoms with van der Waals surface area (Å²) in [5, 5.41) is 0. The van der Waals surface area contributed by atoms with Crippen LogP contribution in [0.4, 0.5) is 0 Å². The van der Waals surface area contributed by atoms with E-state index in [0.717, 1.165) is 16.8 Å². The number of carbonyl (C=O) groups is 1. The van der Waals surface area contributed by atoms with Gasteiger partial charge in [-0.2, -0.15) is 0 Å². The summed E-state index contributed by atoms with van der Waals surface area (Å²) in [7, 11) is 0. The zero-order valence-corrected chi connectivity index (χ0v) is 12.6. The van der Waals surface area contributed by atoms with Crippen molar-refractivity contribution in [2.24, 2.45) is 0 Å². The van der Waals surface area contributed by atoms with Crippen molar-refractivity contribution in [2.75, 3.05) is 19.7 Å². The average molecular weight is 297 g/mol. The first-order valence-electron chi connectivity index (χ1n) is 7.44. The van der Waals surface area contributed by atoms with Crippen LogP contribution in [0, 0.1) is 6.92 Å². The van der Waals surface area contributed by atoms with Gasteiger partial charge in [0.2, 0.25) is 5.91 Å². The number of benzene rings is 1. The lowest BCUT2D eigenvalue weighted by atomic mass is 10.0. The molecule has 0 N–H and O–H groups in total. The van der Waals surface area contributed by atoms with Crippen LogP contribution in [0.3, 0.4) is 0 Å². The number of amides is 1. The lowest BCUT2D eigenvalue weighted by molar-refractivity contribution is -0.138. The highest BCUT2D eigenvalue weighted by Gasteiger charge is 2.26.